The summed E-state index contributed by atoms with van der Waals surface area (Å²) in [6.45, 7) is 0. The SMILES string of the molecule is N#CCc1ccc(NS(=O)O)c(Sc2ccc(Br)s2)c1. The Balaban J connectivity index is 2.32. The quantitative estimate of drug-likeness (QED) is 0.749. The molecule has 20 heavy (non-hydrogen) atoms. The molecule has 2 aromatic rings. The van der Waals surface area contributed by atoms with Crippen LogP contribution in [0, 0.1) is 11.3 Å². The van der Waals surface area contributed by atoms with Crippen LogP contribution in [0.3, 0.4) is 0 Å². The third-order valence-corrected chi connectivity index (χ3v) is 5.49. The van der Waals surface area contributed by atoms with E-state index in [1.54, 1.807) is 23.5 Å². The number of hydrogen-bond donors (Lipinski definition) is 2. The average Bonchev–Trinajstić information content (AvgIpc) is 2.78. The Bertz CT molecular complexity index is 682. The van der Waals surface area contributed by atoms with Gasteiger partial charge in [-0.1, -0.05) is 17.8 Å². The summed E-state index contributed by atoms with van der Waals surface area (Å²) in [6, 6.07) is 11.4. The number of benzene rings is 1. The molecule has 4 nitrogen and oxygen atoms in total. The molecule has 0 fully saturated rings. The van der Waals surface area contributed by atoms with Crippen molar-refractivity contribution in [3.05, 3.63) is 39.7 Å². The first-order valence-electron chi connectivity index (χ1n) is 5.39. The highest BCUT2D eigenvalue weighted by molar-refractivity contribution is 9.11. The van der Waals surface area contributed by atoms with Gasteiger partial charge in [-0.25, -0.2) is 4.21 Å². The van der Waals surface area contributed by atoms with Gasteiger partial charge in [0.25, 0.3) is 11.3 Å². The molecule has 0 saturated carbocycles. The Kier molecular flexibility index (Phi) is 5.63. The molecule has 2 rings (SSSR count). The molecule has 0 radical (unpaired) electrons. The number of hydrogen-bond acceptors (Lipinski definition) is 4. The van der Waals surface area contributed by atoms with Crippen LogP contribution < -0.4 is 4.72 Å². The van der Waals surface area contributed by atoms with E-state index >= 15 is 0 Å². The van der Waals surface area contributed by atoms with Crippen molar-refractivity contribution in [1.29, 1.82) is 5.26 Å². The first-order valence-corrected chi connectivity index (χ1v) is 8.92. The lowest BCUT2D eigenvalue weighted by molar-refractivity contribution is 0.570. The Labute approximate surface area is 135 Å². The van der Waals surface area contributed by atoms with Crippen LogP contribution in [-0.4, -0.2) is 8.76 Å². The second kappa shape index (κ2) is 7.24. The Morgan fingerprint density at radius 3 is 2.85 bits per heavy atom. The van der Waals surface area contributed by atoms with Gasteiger partial charge in [0.2, 0.25) is 0 Å². The van der Waals surface area contributed by atoms with Gasteiger partial charge < -0.3 is 0 Å². The maximum absolute atomic E-state index is 10.9. The minimum atomic E-state index is -2.12. The smallest absolute Gasteiger partial charge is 0.259 e. The standard InChI is InChI=1S/C12H9BrN2O2S3/c13-11-3-4-12(19-11)18-10-7-8(5-6-14)1-2-9(10)15-20(16)17/h1-4,7,15H,5H2,(H,16,17). The molecule has 1 aromatic heterocycles. The second-order valence-corrected chi connectivity index (χ2v) is 8.18. The molecular formula is C12H9BrN2O2S3. The summed E-state index contributed by atoms with van der Waals surface area (Å²) in [5, 5.41) is 8.75. The normalized spacial score (nSPS) is 11.8. The largest absolute Gasteiger partial charge is 0.289 e. The molecule has 0 bridgehead atoms. The number of halogens is 1. The first-order chi connectivity index (χ1) is 9.58. The molecule has 0 aliphatic rings. The Hall–Kier alpha value is -0.850. The Morgan fingerprint density at radius 1 is 1.45 bits per heavy atom. The third kappa shape index (κ3) is 4.33. The third-order valence-electron chi connectivity index (χ3n) is 2.29. The van der Waals surface area contributed by atoms with Crippen LogP contribution in [-0.2, 0) is 17.7 Å². The van der Waals surface area contributed by atoms with Crippen LogP contribution in [0.2, 0.25) is 0 Å². The molecule has 0 aliphatic heterocycles. The van der Waals surface area contributed by atoms with E-state index in [-0.39, 0.29) is 0 Å². The monoisotopic (exact) mass is 388 g/mol. The molecule has 1 aromatic carbocycles. The summed E-state index contributed by atoms with van der Waals surface area (Å²) in [5.41, 5.74) is 1.45. The van der Waals surface area contributed by atoms with E-state index in [0.717, 1.165) is 18.5 Å². The second-order valence-electron chi connectivity index (χ2n) is 3.68. The van der Waals surface area contributed by atoms with Gasteiger partial charge in [0.1, 0.15) is 0 Å². The zero-order valence-corrected chi connectivity index (χ0v) is 14.0. The van der Waals surface area contributed by atoms with Crippen molar-refractivity contribution in [1.82, 2.24) is 0 Å². The molecule has 104 valence electrons. The highest BCUT2D eigenvalue weighted by atomic mass is 79.9. The van der Waals surface area contributed by atoms with Gasteiger partial charge in [-0.05, 0) is 45.8 Å². The van der Waals surface area contributed by atoms with Crippen molar-refractivity contribution in [3.63, 3.8) is 0 Å². The van der Waals surface area contributed by atoms with E-state index in [4.69, 9.17) is 9.81 Å². The van der Waals surface area contributed by atoms with Crippen molar-refractivity contribution in [2.45, 2.75) is 15.5 Å². The zero-order chi connectivity index (χ0) is 14.5. The van der Waals surface area contributed by atoms with Gasteiger partial charge >= 0.3 is 0 Å². The lowest BCUT2D eigenvalue weighted by Crippen LogP contribution is -2.03. The van der Waals surface area contributed by atoms with Crippen molar-refractivity contribution in [2.24, 2.45) is 0 Å². The van der Waals surface area contributed by atoms with Crippen LogP contribution >= 0.6 is 39.0 Å². The van der Waals surface area contributed by atoms with Crippen molar-refractivity contribution >= 4 is 56.0 Å². The Morgan fingerprint density at radius 2 is 2.25 bits per heavy atom. The number of nitrogens with one attached hydrogen (secondary N) is 1. The molecule has 8 heteroatoms. The summed E-state index contributed by atoms with van der Waals surface area (Å²) in [7, 11) is 0. The fourth-order valence-electron chi connectivity index (χ4n) is 1.49. The highest BCUT2D eigenvalue weighted by Crippen LogP contribution is 2.39. The predicted octanol–water partition coefficient (Wildman–Crippen LogP) is 4.28. The summed E-state index contributed by atoms with van der Waals surface area (Å²) in [5.74, 6) is 0. The topological polar surface area (TPSA) is 73.1 Å². The molecule has 1 atom stereocenters. The number of nitrogens with zero attached hydrogens (tertiary/aromatic N) is 1. The van der Waals surface area contributed by atoms with Gasteiger partial charge in [-0.15, -0.1) is 11.3 Å². The van der Waals surface area contributed by atoms with Gasteiger partial charge in [-0.3, -0.25) is 9.27 Å². The molecule has 0 saturated heterocycles. The van der Waals surface area contributed by atoms with E-state index in [9.17, 15) is 4.21 Å². The average molecular weight is 389 g/mol. The number of rotatable bonds is 5. The number of thiophene rings is 1. The van der Waals surface area contributed by atoms with E-state index in [0.29, 0.717) is 12.1 Å². The number of nitriles is 1. The summed E-state index contributed by atoms with van der Waals surface area (Å²) < 4.78 is 24.5. The van der Waals surface area contributed by atoms with Gasteiger partial charge in [0, 0.05) is 4.90 Å². The maximum atomic E-state index is 10.9. The molecule has 0 amide bonds. The van der Waals surface area contributed by atoms with Crippen molar-refractivity contribution in [2.75, 3.05) is 4.72 Å². The zero-order valence-electron chi connectivity index (χ0n) is 10.00. The number of anilines is 1. The molecule has 0 spiro atoms. The molecule has 2 N–H and O–H groups in total. The van der Waals surface area contributed by atoms with E-state index in [1.807, 2.05) is 18.2 Å². The molecule has 0 aliphatic carbocycles. The van der Waals surface area contributed by atoms with Crippen LogP contribution in [0.25, 0.3) is 0 Å². The lowest BCUT2D eigenvalue weighted by atomic mass is 10.1. The lowest BCUT2D eigenvalue weighted by Gasteiger charge is -2.09. The van der Waals surface area contributed by atoms with Crippen LogP contribution in [0.15, 0.2) is 43.2 Å². The van der Waals surface area contributed by atoms with Gasteiger partial charge in [0.05, 0.1) is 26.2 Å². The summed E-state index contributed by atoms with van der Waals surface area (Å²) in [4.78, 5) is 0.814. The van der Waals surface area contributed by atoms with E-state index in [1.165, 1.54) is 11.8 Å². The fourth-order valence-corrected chi connectivity index (χ4v) is 4.86. The summed E-state index contributed by atoms with van der Waals surface area (Å²) in [6.07, 6.45) is 0.310. The molecule has 1 heterocycles. The van der Waals surface area contributed by atoms with Gasteiger partial charge in [0.15, 0.2) is 0 Å². The molecular weight excluding hydrogens is 380 g/mol. The first kappa shape index (κ1) is 15.5. The molecule has 1 unspecified atom stereocenters. The highest BCUT2D eigenvalue weighted by Gasteiger charge is 2.09. The van der Waals surface area contributed by atoms with Crippen LogP contribution in [0.1, 0.15) is 5.56 Å². The van der Waals surface area contributed by atoms with Crippen LogP contribution in [0.5, 0.6) is 0 Å². The van der Waals surface area contributed by atoms with Crippen molar-refractivity contribution < 1.29 is 8.76 Å². The van der Waals surface area contributed by atoms with E-state index < -0.39 is 11.3 Å². The van der Waals surface area contributed by atoms with Crippen LogP contribution in [0.4, 0.5) is 5.69 Å². The predicted molar refractivity (Wildman–Crippen MR) is 86.3 cm³/mol. The fraction of sp³-hybridized carbons (Fsp3) is 0.0833. The van der Waals surface area contributed by atoms with E-state index in [2.05, 4.69) is 26.7 Å². The van der Waals surface area contributed by atoms with Gasteiger partial charge in [-0.2, -0.15) is 5.26 Å². The summed E-state index contributed by atoms with van der Waals surface area (Å²) >= 11 is 4.34. The minimum Gasteiger partial charge on any atom is -0.289 e. The minimum absolute atomic E-state index is 0.310. The van der Waals surface area contributed by atoms with Crippen molar-refractivity contribution in [3.8, 4) is 6.07 Å². The maximum Gasteiger partial charge on any atom is 0.259 e.